The molecule has 1 amide bonds. The molecule has 23 heavy (non-hydrogen) atoms. The number of hydrogen-bond acceptors (Lipinski definition) is 5. The highest BCUT2D eigenvalue weighted by atomic mass is 16.6. The molecule has 0 bridgehead atoms. The first-order chi connectivity index (χ1) is 11.2. The van der Waals surface area contributed by atoms with E-state index in [1.54, 1.807) is 25.4 Å². The number of carbonyl (C=O) groups is 1. The summed E-state index contributed by atoms with van der Waals surface area (Å²) in [5.41, 5.74) is 0.898. The Morgan fingerprint density at radius 1 is 1.26 bits per heavy atom. The molecule has 0 saturated heterocycles. The van der Waals surface area contributed by atoms with Crippen LogP contribution < -0.4 is 19.5 Å². The first-order valence-electron chi connectivity index (χ1n) is 7.36. The molecule has 0 radical (unpaired) electrons. The van der Waals surface area contributed by atoms with Crippen LogP contribution >= 0.6 is 0 Å². The predicted molar refractivity (Wildman–Crippen MR) is 83.6 cm³/mol. The van der Waals surface area contributed by atoms with E-state index in [1.165, 1.54) is 0 Å². The summed E-state index contributed by atoms with van der Waals surface area (Å²) < 4.78 is 16.6. The molecule has 0 saturated carbocycles. The van der Waals surface area contributed by atoms with Crippen LogP contribution in [-0.2, 0) is 11.3 Å². The smallest absolute Gasteiger partial charge is 0.265 e. The normalized spacial score (nSPS) is 19.0. The van der Waals surface area contributed by atoms with E-state index in [0.717, 1.165) is 5.56 Å². The minimum absolute atomic E-state index is 0.220. The zero-order valence-electron chi connectivity index (χ0n) is 13.0. The number of para-hydroxylation sites is 2. The molecule has 1 aromatic heterocycles. The minimum atomic E-state index is -0.686. The monoisotopic (exact) mass is 314 g/mol. The van der Waals surface area contributed by atoms with Crippen molar-refractivity contribution in [3.05, 3.63) is 48.2 Å². The van der Waals surface area contributed by atoms with Gasteiger partial charge in [-0.2, -0.15) is 0 Å². The maximum atomic E-state index is 12.4. The molecule has 2 heterocycles. The largest absolute Gasteiger partial charge is 0.482 e. The highest BCUT2D eigenvalue weighted by Crippen LogP contribution is 2.33. The number of aromatic nitrogens is 1. The van der Waals surface area contributed by atoms with Crippen molar-refractivity contribution in [1.82, 2.24) is 10.3 Å². The number of pyridine rings is 1. The lowest BCUT2D eigenvalue weighted by Gasteiger charge is -2.31. The van der Waals surface area contributed by atoms with E-state index >= 15 is 0 Å². The van der Waals surface area contributed by atoms with Crippen molar-refractivity contribution in [3.63, 3.8) is 0 Å². The van der Waals surface area contributed by atoms with E-state index in [1.807, 2.05) is 31.2 Å². The summed E-state index contributed by atoms with van der Waals surface area (Å²) in [6.45, 7) is 2.18. The van der Waals surface area contributed by atoms with Gasteiger partial charge < -0.3 is 19.5 Å². The number of fused-ring (bicyclic) bond motifs is 1. The number of rotatable bonds is 4. The molecule has 6 nitrogen and oxygen atoms in total. The fraction of sp³-hybridized carbons (Fsp3) is 0.294. The summed E-state index contributed by atoms with van der Waals surface area (Å²) >= 11 is 0. The van der Waals surface area contributed by atoms with Crippen LogP contribution in [0.3, 0.4) is 0 Å². The standard InChI is InChI=1S/C17H18N2O4/c1-11-16(23-14-6-4-3-5-13(14)22-11)17(20)19-10-12-7-8-18-15(9-12)21-2/h3-9,11,16H,10H2,1-2H3,(H,19,20)/t11-,16+/m0/s1. The van der Waals surface area contributed by atoms with Gasteiger partial charge in [0.05, 0.1) is 7.11 Å². The number of nitrogens with zero attached hydrogens (tertiary/aromatic N) is 1. The van der Waals surface area contributed by atoms with Crippen LogP contribution in [0.5, 0.6) is 17.4 Å². The van der Waals surface area contributed by atoms with Gasteiger partial charge >= 0.3 is 0 Å². The second kappa shape index (κ2) is 6.56. The molecule has 0 spiro atoms. The molecule has 0 unspecified atom stereocenters. The van der Waals surface area contributed by atoms with Gasteiger partial charge in [0.2, 0.25) is 12.0 Å². The SMILES string of the molecule is COc1cc(CNC(=O)[C@@H]2Oc3ccccc3O[C@H]2C)ccn1. The number of nitrogens with one attached hydrogen (secondary N) is 1. The van der Waals surface area contributed by atoms with Crippen LogP contribution in [0.4, 0.5) is 0 Å². The number of amides is 1. The van der Waals surface area contributed by atoms with E-state index in [2.05, 4.69) is 10.3 Å². The fourth-order valence-electron chi connectivity index (χ4n) is 2.37. The third kappa shape index (κ3) is 3.36. The summed E-state index contributed by atoms with van der Waals surface area (Å²) in [5, 5.41) is 2.85. The van der Waals surface area contributed by atoms with Gasteiger partial charge in [0.1, 0.15) is 6.10 Å². The van der Waals surface area contributed by atoms with Gasteiger partial charge in [-0.25, -0.2) is 4.98 Å². The van der Waals surface area contributed by atoms with Crippen LogP contribution in [-0.4, -0.2) is 30.2 Å². The van der Waals surface area contributed by atoms with Crippen molar-refractivity contribution >= 4 is 5.91 Å². The number of carbonyl (C=O) groups excluding carboxylic acids is 1. The summed E-state index contributed by atoms with van der Waals surface area (Å²) in [6, 6.07) is 10.9. The van der Waals surface area contributed by atoms with E-state index in [-0.39, 0.29) is 12.0 Å². The molecule has 2 aromatic rings. The van der Waals surface area contributed by atoms with Crippen LogP contribution in [0, 0.1) is 0 Å². The number of hydrogen-bond donors (Lipinski definition) is 1. The summed E-state index contributed by atoms with van der Waals surface area (Å²) in [5.74, 6) is 1.53. The molecule has 2 atom stereocenters. The van der Waals surface area contributed by atoms with E-state index in [4.69, 9.17) is 14.2 Å². The lowest BCUT2D eigenvalue weighted by Crippen LogP contribution is -2.48. The zero-order valence-corrected chi connectivity index (χ0v) is 13.0. The Kier molecular flexibility index (Phi) is 4.32. The molecule has 1 aliphatic rings. The Balaban J connectivity index is 1.64. The van der Waals surface area contributed by atoms with E-state index < -0.39 is 6.10 Å². The average Bonchev–Trinajstić information content (AvgIpc) is 2.59. The van der Waals surface area contributed by atoms with E-state index in [0.29, 0.717) is 23.9 Å². The Morgan fingerprint density at radius 3 is 2.74 bits per heavy atom. The topological polar surface area (TPSA) is 69.7 Å². The van der Waals surface area contributed by atoms with Crippen molar-refractivity contribution < 1.29 is 19.0 Å². The van der Waals surface area contributed by atoms with Crippen LogP contribution in [0.2, 0.25) is 0 Å². The van der Waals surface area contributed by atoms with Crippen LogP contribution in [0.15, 0.2) is 42.6 Å². The Morgan fingerprint density at radius 2 is 2.00 bits per heavy atom. The lowest BCUT2D eigenvalue weighted by atomic mass is 10.1. The van der Waals surface area contributed by atoms with Crippen molar-refractivity contribution in [3.8, 4) is 17.4 Å². The maximum absolute atomic E-state index is 12.4. The molecule has 1 aliphatic heterocycles. The first-order valence-corrected chi connectivity index (χ1v) is 7.36. The second-order valence-corrected chi connectivity index (χ2v) is 5.23. The molecule has 3 rings (SSSR count). The summed E-state index contributed by atoms with van der Waals surface area (Å²) in [6.07, 6.45) is 0.588. The average molecular weight is 314 g/mol. The number of ether oxygens (including phenoxy) is 3. The van der Waals surface area contributed by atoms with Gasteiger partial charge in [0.25, 0.3) is 5.91 Å². The van der Waals surface area contributed by atoms with Crippen molar-refractivity contribution in [2.24, 2.45) is 0 Å². The van der Waals surface area contributed by atoms with Crippen LogP contribution in [0.1, 0.15) is 12.5 Å². The van der Waals surface area contributed by atoms with Crippen molar-refractivity contribution in [2.45, 2.75) is 25.7 Å². The lowest BCUT2D eigenvalue weighted by molar-refractivity contribution is -0.133. The quantitative estimate of drug-likeness (QED) is 0.934. The first kappa shape index (κ1) is 15.1. The number of benzene rings is 1. The highest BCUT2D eigenvalue weighted by Gasteiger charge is 2.33. The highest BCUT2D eigenvalue weighted by molar-refractivity contribution is 5.82. The van der Waals surface area contributed by atoms with Crippen molar-refractivity contribution in [1.29, 1.82) is 0 Å². The van der Waals surface area contributed by atoms with Gasteiger partial charge in [-0.05, 0) is 30.7 Å². The Hall–Kier alpha value is -2.76. The van der Waals surface area contributed by atoms with Crippen LogP contribution in [0.25, 0.3) is 0 Å². The molecule has 1 N–H and O–H groups in total. The van der Waals surface area contributed by atoms with Gasteiger partial charge in [-0.3, -0.25) is 4.79 Å². The zero-order chi connectivity index (χ0) is 16.2. The molecule has 0 aliphatic carbocycles. The Labute approximate surface area is 134 Å². The van der Waals surface area contributed by atoms with Gasteiger partial charge in [0.15, 0.2) is 11.5 Å². The molecule has 120 valence electrons. The minimum Gasteiger partial charge on any atom is -0.482 e. The van der Waals surface area contributed by atoms with Crippen molar-refractivity contribution in [2.75, 3.05) is 7.11 Å². The molecular formula is C17H18N2O4. The van der Waals surface area contributed by atoms with Gasteiger partial charge in [-0.1, -0.05) is 12.1 Å². The number of methoxy groups -OCH3 is 1. The second-order valence-electron chi connectivity index (χ2n) is 5.23. The molecule has 0 fully saturated rings. The van der Waals surface area contributed by atoms with Gasteiger partial charge in [0, 0.05) is 18.8 Å². The molecular weight excluding hydrogens is 296 g/mol. The molecule has 6 heteroatoms. The third-order valence-electron chi connectivity index (χ3n) is 3.58. The third-order valence-corrected chi connectivity index (χ3v) is 3.58. The fourth-order valence-corrected chi connectivity index (χ4v) is 2.37. The van der Waals surface area contributed by atoms with Gasteiger partial charge in [-0.15, -0.1) is 0 Å². The summed E-state index contributed by atoms with van der Waals surface area (Å²) in [4.78, 5) is 16.4. The van der Waals surface area contributed by atoms with E-state index in [9.17, 15) is 4.79 Å². The summed E-state index contributed by atoms with van der Waals surface area (Å²) in [7, 11) is 1.55. The maximum Gasteiger partial charge on any atom is 0.265 e. The predicted octanol–water partition coefficient (Wildman–Crippen LogP) is 1.93. The molecule has 1 aromatic carbocycles. The Bertz CT molecular complexity index is 704.